The molecule has 0 radical (unpaired) electrons. The predicted molar refractivity (Wildman–Crippen MR) is 107 cm³/mol. The summed E-state index contributed by atoms with van der Waals surface area (Å²) >= 11 is 6.69. The van der Waals surface area contributed by atoms with Crippen LogP contribution in [-0.4, -0.2) is 46.5 Å². The molecule has 0 aliphatic carbocycles. The summed E-state index contributed by atoms with van der Waals surface area (Å²) in [5.74, 6) is -0.440. The van der Waals surface area contributed by atoms with Gasteiger partial charge in [0.15, 0.2) is 0 Å². The van der Waals surface area contributed by atoms with Gasteiger partial charge in [0, 0.05) is 30.9 Å². The maximum atomic E-state index is 12.1. The average Bonchev–Trinajstić information content (AvgIpc) is 3.10. The Bertz CT molecular complexity index is 959. The molecule has 3 rings (SSSR count). The Morgan fingerprint density at radius 1 is 1.21 bits per heavy atom. The third-order valence-electron chi connectivity index (χ3n) is 3.91. The smallest absolute Gasteiger partial charge is 0.253 e. The molecule has 1 fully saturated rings. The quantitative estimate of drug-likeness (QED) is 0.681. The Morgan fingerprint density at radius 3 is 2.61 bits per heavy atom. The van der Waals surface area contributed by atoms with Gasteiger partial charge in [-0.15, -0.1) is 11.3 Å². The molecule has 2 aromatic rings. The number of anilines is 2. The molecular formula is C17H18ClN3O5S2. The molecule has 0 spiro atoms. The highest BCUT2D eigenvalue weighted by atomic mass is 35.5. The molecule has 28 heavy (non-hydrogen) atoms. The van der Waals surface area contributed by atoms with E-state index >= 15 is 0 Å². The lowest BCUT2D eigenvalue weighted by Crippen LogP contribution is -2.41. The van der Waals surface area contributed by atoms with Crippen molar-refractivity contribution in [1.82, 2.24) is 4.72 Å². The molecule has 0 unspecified atom stereocenters. The molecule has 1 saturated heterocycles. The average molecular weight is 444 g/mol. The third kappa shape index (κ3) is 5.30. The lowest BCUT2D eigenvalue weighted by Gasteiger charge is -2.26. The van der Waals surface area contributed by atoms with Crippen LogP contribution in [0.3, 0.4) is 0 Å². The standard InChI is InChI=1S/C17H18ClN3O5S2/c18-14-5-6-17(27-14)28(24,25)19-8-7-15(22)20-12-1-3-13(4-2-12)21-9-10-26-11-16(21)23/h1-6,19H,7-11H2,(H,20,22). The number of sulfonamides is 1. The van der Waals surface area contributed by atoms with E-state index in [0.717, 1.165) is 17.0 Å². The van der Waals surface area contributed by atoms with Gasteiger partial charge >= 0.3 is 0 Å². The first-order valence-corrected chi connectivity index (χ1v) is 11.1. The maximum Gasteiger partial charge on any atom is 0.253 e. The topological polar surface area (TPSA) is 105 Å². The Labute approximate surface area is 171 Å². The normalized spacial score (nSPS) is 14.9. The summed E-state index contributed by atoms with van der Waals surface area (Å²) in [7, 11) is -3.67. The second kappa shape index (κ2) is 9.01. The molecule has 1 aliphatic heterocycles. The number of thiophene rings is 1. The minimum Gasteiger partial charge on any atom is -0.370 e. The fraction of sp³-hybridized carbons (Fsp3) is 0.294. The monoisotopic (exact) mass is 443 g/mol. The van der Waals surface area contributed by atoms with Gasteiger partial charge in [0.1, 0.15) is 10.8 Å². The Balaban J connectivity index is 1.49. The summed E-state index contributed by atoms with van der Waals surface area (Å²) < 4.78 is 32.1. The van der Waals surface area contributed by atoms with Gasteiger partial charge < -0.3 is 15.0 Å². The van der Waals surface area contributed by atoms with Crippen molar-refractivity contribution in [3.63, 3.8) is 0 Å². The predicted octanol–water partition coefficient (Wildman–Crippen LogP) is 2.07. The first kappa shape index (κ1) is 20.7. The molecule has 2 amide bonds. The highest BCUT2D eigenvalue weighted by Gasteiger charge is 2.20. The van der Waals surface area contributed by atoms with Gasteiger partial charge in [0.2, 0.25) is 15.9 Å². The second-order valence-electron chi connectivity index (χ2n) is 5.90. The van der Waals surface area contributed by atoms with Crippen LogP contribution in [0.5, 0.6) is 0 Å². The first-order valence-electron chi connectivity index (χ1n) is 8.38. The van der Waals surface area contributed by atoms with Crippen LogP contribution in [0.4, 0.5) is 11.4 Å². The summed E-state index contributed by atoms with van der Waals surface area (Å²) in [6.07, 6.45) is -0.0258. The van der Waals surface area contributed by atoms with Crippen molar-refractivity contribution in [2.45, 2.75) is 10.6 Å². The number of benzene rings is 1. The lowest BCUT2D eigenvalue weighted by molar-refractivity contribution is -0.125. The number of nitrogens with zero attached hydrogens (tertiary/aromatic N) is 1. The van der Waals surface area contributed by atoms with Crippen LogP contribution in [0.2, 0.25) is 4.34 Å². The molecule has 2 heterocycles. The van der Waals surface area contributed by atoms with Crippen LogP contribution in [0.15, 0.2) is 40.6 Å². The number of carbonyl (C=O) groups excluding carboxylic acids is 2. The summed E-state index contributed by atoms with van der Waals surface area (Å²) in [6.45, 7) is 0.994. The van der Waals surface area contributed by atoms with Gasteiger partial charge in [0.25, 0.3) is 5.91 Å². The van der Waals surface area contributed by atoms with Crippen molar-refractivity contribution < 1.29 is 22.7 Å². The zero-order valence-corrected chi connectivity index (χ0v) is 17.1. The van der Waals surface area contributed by atoms with Gasteiger partial charge in [-0.1, -0.05) is 11.6 Å². The fourth-order valence-corrected chi connectivity index (χ4v) is 5.11. The summed E-state index contributed by atoms with van der Waals surface area (Å²) in [5, 5.41) is 2.69. The molecule has 1 aromatic heterocycles. The van der Waals surface area contributed by atoms with Crippen molar-refractivity contribution in [3.8, 4) is 0 Å². The number of morpholine rings is 1. The molecule has 1 aliphatic rings. The minimum atomic E-state index is -3.67. The van der Waals surface area contributed by atoms with E-state index < -0.39 is 10.0 Å². The van der Waals surface area contributed by atoms with E-state index in [1.54, 1.807) is 29.2 Å². The summed E-state index contributed by atoms with van der Waals surface area (Å²) in [4.78, 5) is 25.5. The molecule has 0 bridgehead atoms. The van der Waals surface area contributed by atoms with E-state index in [-0.39, 0.29) is 35.6 Å². The number of halogens is 1. The van der Waals surface area contributed by atoms with Crippen molar-refractivity contribution in [3.05, 3.63) is 40.7 Å². The van der Waals surface area contributed by atoms with E-state index in [9.17, 15) is 18.0 Å². The fourth-order valence-electron chi connectivity index (χ4n) is 2.55. The van der Waals surface area contributed by atoms with Gasteiger partial charge in [-0.05, 0) is 36.4 Å². The summed E-state index contributed by atoms with van der Waals surface area (Å²) in [6, 6.07) is 9.77. The zero-order valence-electron chi connectivity index (χ0n) is 14.7. The highest BCUT2D eigenvalue weighted by molar-refractivity contribution is 7.91. The minimum absolute atomic E-state index is 0.0258. The number of ether oxygens (including phenoxy) is 1. The number of nitrogens with one attached hydrogen (secondary N) is 2. The van der Waals surface area contributed by atoms with E-state index in [4.69, 9.17) is 16.3 Å². The van der Waals surface area contributed by atoms with Crippen molar-refractivity contribution in [2.75, 3.05) is 36.5 Å². The molecule has 150 valence electrons. The van der Waals surface area contributed by atoms with Crippen LogP contribution in [-0.2, 0) is 24.3 Å². The molecule has 2 N–H and O–H groups in total. The maximum absolute atomic E-state index is 12.1. The number of hydrogen-bond acceptors (Lipinski definition) is 6. The van der Waals surface area contributed by atoms with E-state index in [1.165, 1.54) is 12.1 Å². The van der Waals surface area contributed by atoms with E-state index in [1.807, 2.05) is 0 Å². The van der Waals surface area contributed by atoms with Crippen molar-refractivity contribution in [2.24, 2.45) is 0 Å². The Morgan fingerprint density at radius 2 is 1.96 bits per heavy atom. The van der Waals surface area contributed by atoms with E-state index in [0.29, 0.717) is 23.2 Å². The van der Waals surface area contributed by atoms with Crippen LogP contribution >= 0.6 is 22.9 Å². The molecule has 11 heteroatoms. The van der Waals surface area contributed by atoms with Gasteiger partial charge in [-0.3, -0.25) is 9.59 Å². The Hall–Kier alpha value is -1.98. The molecule has 8 nitrogen and oxygen atoms in total. The van der Waals surface area contributed by atoms with Crippen LogP contribution in [0.25, 0.3) is 0 Å². The zero-order chi connectivity index (χ0) is 20.1. The molecule has 0 atom stereocenters. The van der Waals surface area contributed by atoms with Crippen LogP contribution in [0.1, 0.15) is 6.42 Å². The molecule has 0 saturated carbocycles. The van der Waals surface area contributed by atoms with Crippen LogP contribution < -0.4 is 14.9 Å². The highest BCUT2D eigenvalue weighted by Crippen LogP contribution is 2.25. The van der Waals surface area contributed by atoms with Crippen molar-refractivity contribution >= 4 is 56.2 Å². The number of amides is 2. The van der Waals surface area contributed by atoms with Gasteiger partial charge in [-0.2, -0.15) is 0 Å². The van der Waals surface area contributed by atoms with E-state index in [2.05, 4.69) is 10.0 Å². The van der Waals surface area contributed by atoms with Gasteiger partial charge in [0.05, 0.1) is 10.9 Å². The number of hydrogen-bond donors (Lipinski definition) is 2. The van der Waals surface area contributed by atoms with Crippen molar-refractivity contribution in [1.29, 1.82) is 0 Å². The number of rotatable bonds is 7. The third-order valence-corrected chi connectivity index (χ3v) is 7.09. The lowest BCUT2D eigenvalue weighted by atomic mass is 10.2. The molecule has 1 aromatic carbocycles. The summed E-state index contributed by atoms with van der Waals surface area (Å²) in [5.41, 5.74) is 1.29. The largest absolute Gasteiger partial charge is 0.370 e. The molecular weight excluding hydrogens is 426 g/mol. The Kier molecular flexibility index (Phi) is 6.68. The second-order valence-corrected chi connectivity index (χ2v) is 9.61. The SMILES string of the molecule is O=C(CCNS(=O)(=O)c1ccc(Cl)s1)Nc1ccc(N2CCOCC2=O)cc1. The number of carbonyl (C=O) groups is 2. The van der Waals surface area contributed by atoms with Gasteiger partial charge in [-0.25, -0.2) is 13.1 Å². The van der Waals surface area contributed by atoms with Crippen LogP contribution in [0, 0.1) is 0 Å². The first-order chi connectivity index (χ1) is 13.3.